The molecule has 0 unspecified atom stereocenters. The smallest absolute Gasteiger partial charge is 0.258 e. The van der Waals surface area contributed by atoms with Gasteiger partial charge in [0, 0.05) is 24.6 Å². The molecule has 0 saturated carbocycles. The normalized spacial score (nSPS) is 10.4. The molecule has 2 N–H and O–H groups in total. The Bertz CT molecular complexity index is 653. The molecule has 0 atom stereocenters. The van der Waals surface area contributed by atoms with Crippen molar-refractivity contribution in [3.05, 3.63) is 47.3 Å². The van der Waals surface area contributed by atoms with Gasteiger partial charge in [-0.1, -0.05) is 25.8 Å². The number of hydrogen-bond acceptors (Lipinski definition) is 4. The minimum absolute atomic E-state index is 0.203. The molecule has 5 nitrogen and oxygen atoms in total. The highest BCUT2D eigenvalue weighted by atomic mass is 16.1. The molecule has 122 valence electrons. The van der Waals surface area contributed by atoms with Gasteiger partial charge in [-0.3, -0.25) is 4.79 Å². The van der Waals surface area contributed by atoms with Gasteiger partial charge >= 0.3 is 0 Å². The summed E-state index contributed by atoms with van der Waals surface area (Å²) >= 11 is 0. The third kappa shape index (κ3) is 5.06. The molecule has 23 heavy (non-hydrogen) atoms. The Morgan fingerprint density at radius 1 is 1.09 bits per heavy atom. The van der Waals surface area contributed by atoms with Crippen molar-refractivity contribution in [1.29, 1.82) is 0 Å². The van der Waals surface area contributed by atoms with Crippen LogP contribution in [0.4, 0.5) is 11.6 Å². The lowest BCUT2D eigenvalue weighted by Gasteiger charge is -2.08. The molecular weight excluding hydrogens is 288 g/mol. The van der Waals surface area contributed by atoms with E-state index in [9.17, 15) is 4.79 Å². The molecule has 1 aromatic heterocycles. The molecule has 0 radical (unpaired) electrons. The number of carbonyl (C=O) groups is 1. The van der Waals surface area contributed by atoms with Crippen LogP contribution >= 0.6 is 0 Å². The van der Waals surface area contributed by atoms with E-state index in [1.165, 1.54) is 18.4 Å². The largest absolute Gasteiger partial charge is 0.354 e. The first-order valence-corrected chi connectivity index (χ1v) is 8.04. The van der Waals surface area contributed by atoms with E-state index in [0.29, 0.717) is 11.5 Å². The van der Waals surface area contributed by atoms with Crippen molar-refractivity contribution < 1.29 is 4.79 Å². The lowest BCUT2D eigenvalue weighted by molar-refractivity contribution is 0.102. The SMILES string of the molecule is CCCCCNc1ncc(C(=O)Nc2ccc(C)c(C)c2)cn1. The topological polar surface area (TPSA) is 66.9 Å². The number of aromatic nitrogens is 2. The number of aryl methyl sites for hydroxylation is 2. The summed E-state index contributed by atoms with van der Waals surface area (Å²) in [4.78, 5) is 20.6. The Morgan fingerprint density at radius 2 is 1.83 bits per heavy atom. The number of amides is 1. The maximum atomic E-state index is 12.2. The fraction of sp³-hybridized carbons (Fsp3) is 0.389. The van der Waals surface area contributed by atoms with Crippen LogP contribution in [0.3, 0.4) is 0 Å². The predicted octanol–water partition coefficient (Wildman–Crippen LogP) is 3.95. The molecule has 2 rings (SSSR count). The molecule has 0 bridgehead atoms. The van der Waals surface area contributed by atoms with Gasteiger partial charge in [0.1, 0.15) is 0 Å². The Hall–Kier alpha value is -2.43. The average Bonchev–Trinajstić information content (AvgIpc) is 2.55. The molecule has 1 heterocycles. The second kappa shape index (κ2) is 8.27. The van der Waals surface area contributed by atoms with Gasteiger partial charge in [-0.05, 0) is 43.5 Å². The van der Waals surface area contributed by atoms with Crippen LogP contribution in [0.2, 0.25) is 0 Å². The standard InChI is InChI=1S/C18H24N4O/c1-4-5-6-9-19-18-20-11-15(12-21-18)17(23)22-16-8-7-13(2)14(3)10-16/h7-8,10-12H,4-6,9H2,1-3H3,(H,22,23)(H,19,20,21). The summed E-state index contributed by atoms with van der Waals surface area (Å²) in [5.41, 5.74) is 3.57. The summed E-state index contributed by atoms with van der Waals surface area (Å²) in [6, 6.07) is 5.84. The Labute approximate surface area is 137 Å². The van der Waals surface area contributed by atoms with Crippen molar-refractivity contribution in [3.8, 4) is 0 Å². The highest BCUT2D eigenvalue weighted by Crippen LogP contribution is 2.15. The summed E-state index contributed by atoms with van der Waals surface area (Å²) in [7, 11) is 0. The molecule has 0 saturated heterocycles. The molecule has 0 aliphatic carbocycles. The first kappa shape index (κ1) is 16.9. The number of carbonyl (C=O) groups excluding carboxylic acids is 1. The molecule has 0 aliphatic rings. The number of anilines is 2. The van der Waals surface area contributed by atoms with Crippen LogP contribution in [0.1, 0.15) is 47.7 Å². The molecule has 1 aromatic carbocycles. The fourth-order valence-electron chi connectivity index (χ4n) is 2.13. The van der Waals surface area contributed by atoms with Crippen LogP contribution in [0.25, 0.3) is 0 Å². The van der Waals surface area contributed by atoms with Crippen molar-refractivity contribution in [3.63, 3.8) is 0 Å². The third-order valence-electron chi connectivity index (χ3n) is 3.74. The number of nitrogens with zero attached hydrogens (tertiary/aromatic N) is 2. The maximum absolute atomic E-state index is 12.2. The van der Waals surface area contributed by atoms with E-state index in [1.807, 2.05) is 32.0 Å². The lowest BCUT2D eigenvalue weighted by Crippen LogP contribution is -2.14. The zero-order chi connectivity index (χ0) is 16.7. The average molecular weight is 312 g/mol. The van der Waals surface area contributed by atoms with Crippen LogP contribution in [0.5, 0.6) is 0 Å². The highest BCUT2D eigenvalue weighted by Gasteiger charge is 2.08. The zero-order valence-corrected chi connectivity index (χ0v) is 14.0. The number of unbranched alkanes of at least 4 members (excludes halogenated alkanes) is 2. The van der Waals surface area contributed by atoms with E-state index in [-0.39, 0.29) is 5.91 Å². The second-order valence-corrected chi connectivity index (χ2v) is 5.68. The first-order valence-electron chi connectivity index (χ1n) is 8.04. The van der Waals surface area contributed by atoms with Crippen LogP contribution in [0.15, 0.2) is 30.6 Å². The van der Waals surface area contributed by atoms with E-state index in [2.05, 4.69) is 27.5 Å². The zero-order valence-electron chi connectivity index (χ0n) is 14.0. The van der Waals surface area contributed by atoms with Crippen molar-refractivity contribution in [2.45, 2.75) is 40.0 Å². The number of benzene rings is 1. The van der Waals surface area contributed by atoms with Gasteiger partial charge < -0.3 is 10.6 Å². The lowest BCUT2D eigenvalue weighted by atomic mass is 10.1. The predicted molar refractivity (Wildman–Crippen MR) is 93.9 cm³/mol. The molecule has 0 fully saturated rings. The van der Waals surface area contributed by atoms with Crippen LogP contribution in [0, 0.1) is 13.8 Å². The molecule has 2 aromatic rings. The summed E-state index contributed by atoms with van der Waals surface area (Å²) in [6.45, 7) is 7.08. The number of hydrogen-bond donors (Lipinski definition) is 2. The molecule has 0 spiro atoms. The van der Waals surface area contributed by atoms with Crippen molar-refractivity contribution >= 4 is 17.5 Å². The van der Waals surface area contributed by atoms with Gasteiger partial charge in [-0.25, -0.2) is 9.97 Å². The minimum atomic E-state index is -0.203. The highest BCUT2D eigenvalue weighted by molar-refractivity contribution is 6.03. The Kier molecular flexibility index (Phi) is 6.09. The Balaban J connectivity index is 1.93. The second-order valence-electron chi connectivity index (χ2n) is 5.68. The van der Waals surface area contributed by atoms with Gasteiger partial charge in [0.25, 0.3) is 5.91 Å². The number of rotatable bonds is 7. The quantitative estimate of drug-likeness (QED) is 0.760. The summed E-state index contributed by atoms with van der Waals surface area (Å²) < 4.78 is 0. The van der Waals surface area contributed by atoms with Gasteiger partial charge in [0.05, 0.1) is 5.56 Å². The third-order valence-corrected chi connectivity index (χ3v) is 3.74. The molecule has 1 amide bonds. The van der Waals surface area contributed by atoms with E-state index < -0.39 is 0 Å². The van der Waals surface area contributed by atoms with Crippen molar-refractivity contribution in [1.82, 2.24) is 9.97 Å². The number of nitrogens with one attached hydrogen (secondary N) is 2. The van der Waals surface area contributed by atoms with Gasteiger partial charge in [-0.2, -0.15) is 0 Å². The van der Waals surface area contributed by atoms with Gasteiger partial charge in [0.2, 0.25) is 5.95 Å². The fourth-order valence-corrected chi connectivity index (χ4v) is 2.13. The molecule has 5 heteroatoms. The maximum Gasteiger partial charge on any atom is 0.258 e. The summed E-state index contributed by atoms with van der Waals surface area (Å²) in [6.07, 6.45) is 6.55. The first-order chi connectivity index (χ1) is 11.1. The monoisotopic (exact) mass is 312 g/mol. The van der Waals surface area contributed by atoms with Crippen LogP contribution in [-0.4, -0.2) is 22.4 Å². The van der Waals surface area contributed by atoms with E-state index in [0.717, 1.165) is 24.2 Å². The van der Waals surface area contributed by atoms with E-state index >= 15 is 0 Å². The minimum Gasteiger partial charge on any atom is -0.354 e. The van der Waals surface area contributed by atoms with Gasteiger partial charge in [0.15, 0.2) is 0 Å². The van der Waals surface area contributed by atoms with Gasteiger partial charge in [-0.15, -0.1) is 0 Å². The molecule has 0 aliphatic heterocycles. The van der Waals surface area contributed by atoms with Crippen LogP contribution < -0.4 is 10.6 Å². The van der Waals surface area contributed by atoms with E-state index in [4.69, 9.17) is 0 Å². The Morgan fingerprint density at radius 3 is 2.48 bits per heavy atom. The van der Waals surface area contributed by atoms with Crippen molar-refractivity contribution in [2.75, 3.05) is 17.2 Å². The summed E-state index contributed by atoms with van der Waals surface area (Å²) in [5.74, 6) is 0.356. The van der Waals surface area contributed by atoms with E-state index in [1.54, 1.807) is 12.4 Å². The molecular formula is C18H24N4O. The van der Waals surface area contributed by atoms with Crippen LogP contribution in [-0.2, 0) is 0 Å². The van der Waals surface area contributed by atoms with Crippen molar-refractivity contribution in [2.24, 2.45) is 0 Å². The summed E-state index contributed by atoms with van der Waals surface area (Å²) in [5, 5.41) is 6.02.